The Morgan fingerprint density at radius 2 is 2.15 bits per heavy atom. The van der Waals surface area contributed by atoms with Gasteiger partial charge in [0.1, 0.15) is 5.76 Å². The third-order valence-electron chi connectivity index (χ3n) is 3.44. The summed E-state index contributed by atoms with van der Waals surface area (Å²) in [6.45, 7) is 4.13. The molecule has 0 saturated carbocycles. The monoisotopic (exact) mass is 267 g/mol. The lowest BCUT2D eigenvalue weighted by atomic mass is 9.99. The molecule has 2 aromatic heterocycles. The molecule has 3 N–H and O–H groups in total. The predicted octanol–water partition coefficient (Wildman–Crippen LogP) is 3.79. The van der Waals surface area contributed by atoms with Crippen molar-refractivity contribution in [3.05, 3.63) is 47.9 Å². The molecule has 0 unspecified atom stereocenters. The van der Waals surface area contributed by atoms with Crippen molar-refractivity contribution in [2.75, 3.05) is 5.73 Å². The van der Waals surface area contributed by atoms with Gasteiger partial charge < -0.3 is 10.2 Å². The minimum absolute atomic E-state index is 0.508. The second-order valence-electron chi connectivity index (χ2n) is 4.84. The van der Waals surface area contributed by atoms with Gasteiger partial charge in [-0.3, -0.25) is 5.10 Å². The molecule has 0 aliphatic carbocycles. The average Bonchev–Trinajstić information content (AvgIpc) is 3.04. The van der Waals surface area contributed by atoms with Gasteiger partial charge in [0.25, 0.3) is 0 Å². The molecule has 0 bridgehead atoms. The number of aromatic amines is 1. The Bertz CT molecular complexity index is 740. The molecule has 3 aromatic rings. The Balaban J connectivity index is 2.20. The Kier molecular flexibility index (Phi) is 3.06. The van der Waals surface area contributed by atoms with Crippen LogP contribution in [0.4, 0.5) is 5.82 Å². The van der Waals surface area contributed by atoms with Crippen molar-refractivity contribution < 1.29 is 4.42 Å². The average molecular weight is 267 g/mol. The first-order chi connectivity index (χ1) is 9.70. The summed E-state index contributed by atoms with van der Waals surface area (Å²) in [6.07, 6.45) is 2.53. The summed E-state index contributed by atoms with van der Waals surface area (Å²) in [5, 5.41) is 7.20. The highest BCUT2D eigenvalue weighted by molar-refractivity contribution is 5.88. The highest BCUT2D eigenvalue weighted by atomic mass is 16.3. The number of nitrogens with two attached hydrogens (primary N) is 1. The van der Waals surface area contributed by atoms with Crippen LogP contribution in [0.5, 0.6) is 0 Å². The molecular weight excluding hydrogens is 250 g/mol. The summed E-state index contributed by atoms with van der Waals surface area (Å²) in [6, 6.07) is 10.2. The smallest absolute Gasteiger partial charge is 0.153 e. The van der Waals surface area contributed by atoms with Crippen LogP contribution >= 0.6 is 0 Å². The van der Waals surface area contributed by atoms with Crippen LogP contribution in [0.15, 0.2) is 41.0 Å². The molecule has 3 rings (SSSR count). The van der Waals surface area contributed by atoms with Crippen molar-refractivity contribution >= 4 is 5.82 Å². The van der Waals surface area contributed by atoms with Crippen LogP contribution in [0.25, 0.3) is 22.4 Å². The normalized spacial score (nSPS) is 10.9. The van der Waals surface area contributed by atoms with E-state index in [4.69, 9.17) is 10.2 Å². The second kappa shape index (κ2) is 4.89. The Hall–Kier alpha value is -2.49. The summed E-state index contributed by atoms with van der Waals surface area (Å²) in [5.41, 5.74) is 11.2. The molecule has 20 heavy (non-hydrogen) atoms. The maximum absolute atomic E-state index is 6.05. The lowest BCUT2D eigenvalue weighted by Gasteiger charge is -2.05. The van der Waals surface area contributed by atoms with E-state index in [1.54, 1.807) is 6.26 Å². The zero-order chi connectivity index (χ0) is 14.1. The molecule has 4 nitrogen and oxygen atoms in total. The lowest BCUT2D eigenvalue weighted by Crippen LogP contribution is -1.90. The molecule has 0 amide bonds. The van der Waals surface area contributed by atoms with Gasteiger partial charge in [0.2, 0.25) is 0 Å². The SMILES string of the molecule is CCc1occc1-c1[nH]nc(N)c1-c1cccc(C)c1. The molecule has 0 saturated heterocycles. The van der Waals surface area contributed by atoms with Gasteiger partial charge in [0, 0.05) is 12.0 Å². The number of benzene rings is 1. The molecule has 4 heteroatoms. The van der Waals surface area contributed by atoms with Crippen LogP contribution in [0, 0.1) is 6.92 Å². The molecule has 0 radical (unpaired) electrons. The van der Waals surface area contributed by atoms with Gasteiger partial charge in [0.15, 0.2) is 5.82 Å². The zero-order valence-electron chi connectivity index (χ0n) is 11.6. The molecule has 0 aliphatic heterocycles. The molecule has 0 aliphatic rings. The fourth-order valence-electron chi connectivity index (χ4n) is 2.48. The van der Waals surface area contributed by atoms with Crippen LogP contribution in [-0.4, -0.2) is 10.2 Å². The minimum atomic E-state index is 0.508. The highest BCUT2D eigenvalue weighted by Crippen LogP contribution is 2.36. The molecule has 0 spiro atoms. The van der Waals surface area contributed by atoms with E-state index in [0.717, 1.165) is 34.6 Å². The predicted molar refractivity (Wildman–Crippen MR) is 80.3 cm³/mol. The maximum Gasteiger partial charge on any atom is 0.153 e. The summed E-state index contributed by atoms with van der Waals surface area (Å²) in [5.74, 6) is 1.44. The largest absolute Gasteiger partial charge is 0.469 e. The number of anilines is 1. The Morgan fingerprint density at radius 1 is 1.30 bits per heavy atom. The second-order valence-corrected chi connectivity index (χ2v) is 4.84. The van der Waals surface area contributed by atoms with Crippen molar-refractivity contribution in [2.24, 2.45) is 0 Å². The van der Waals surface area contributed by atoms with Crippen LogP contribution in [0.3, 0.4) is 0 Å². The summed E-state index contributed by atoms with van der Waals surface area (Å²) < 4.78 is 5.50. The molecule has 2 heterocycles. The van der Waals surface area contributed by atoms with E-state index < -0.39 is 0 Å². The molecule has 0 fully saturated rings. The van der Waals surface area contributed by atoms with E-state index in [2.05, 4.69) is 36.2 Å². The Labute approximate surface area is 117 Å². The van der Waals surface area contributed by atoms with E-state index >= 15 is 0 Å². The standard InChI is InChI=1S/C16H17N3O/c1-3-13-12(7-8-20-13)15-14(16(17)19-18-15)11-6-4-5-10(2)9-11/h4-9H,3H2,1-2H3,(H3,17,18,19). The van der Waals surface area contributed by atoms with Crippen molar-refractivity contribution in [1.29, 1.82) is 0 Å². The zero-order valence-corrected chi connectivity index (χ0v) is 11.6. The van der Waals surface area contributed by atoms with Gasteiger partial charge in [0.05, 0.1) is 17.5 Å². The van der Waals surface area contributed by atoms with E-state index in [0.29, 0.717) is 5.82 Å². The number of hydrogen-bond acceptors (Lipinski definition) is 3. The third-order valence-corrected chi connectivity index (χ3v) is 3.44. The number of aromatic nitrogens is 2. The van der Waals surface area contributed by atoms with E-state index in [9.17, 15) is 0 Å². The van der Waals surface area contributed by atoms with Gasteiger partial charge in [-0.2, -0.15) is 5.10 Å². The number of rotatable bonds is 3. The topological polar surface area (TPSA) is 67.8 Å². The summed E-state index contributed by atoms with van der Waals surface area (Å²) in [4.78, 5) is 0. The number of aryl methyl sites for hydroxylation is 2. The van der Waals surface area contributed by atoms with Gasteiger partial charge in [-0.25, -0.2) is 0 Å². The molecule has 1 aromatic carbocycles. The number of furan rings is 1. The first-order valence-corrected chi connectivity index (χ1v) is 6.68. The first-order valence-electron chi connectivity index (χ1n) is 6.68. The van der Waals surface area contributed by atoms with Crippen molar-refractivity contribution in [2.45, 2.75) is 20.3 Å². The van der Waals surface area contributed by atoms with Crippen LogP contribution in [-0.2, 0) is 6.42 Å². The fourth-order valence-corrected chi connectivity index (χ4v) is 2.48. The molecule has 102 valence electrons. The van der Waals surface area contributed by atoms with E-state index in [1.807, 2.05) is 18.2 Å². The number of nitrogens with zero attached hydrogens (tertiary/aromatic N) is 1. The van der Waals surface area contributed by atoms with Crippen molar-refractivity contribution in [1.82, 2.24) is 10.2 Å². The van der Waals surface area contributed by atoms with E-state index in [1.165, 1.54) is 5.56 Å². The van der Waals surface area contributed by atoms with Gasteiger partial charge in [-0.05, 0) is 18.6 Å². The molecular formula is C16H17N3O. The van der Waals surface area contributed by atoms with Gasteiger partial charge >= 0.3 is 0 Å². The number of nitrogens with one attached hydrogen (secondary N) is 1. The highest BCUT2D eigenvalue weighted by Gasteiger charge is 2.18. The third kappa shape index (κ3) is 1.99. The number of nitrogen functional groups attached to an aromatic ring is 1. The molecule has 0 atom stereocenters. The van der Waals surface area contributed by atoms with Crippen LogP contribution in [0.1, 0.15) is 18.2 Å². The first kappa shape index (κ1) is 12.5. The summed E-state index contributed by atoms with van der Waals surface area (Å²) in [7, 11) is 0. The summed E-state index contributed by atoms with van der Waals surface area (Å²) >= 11 is 0. The number of H-pyrrole nitrogens is 1. The van der Waals surface area contributed by atoms with E-state index in [-0.39, 0.29) is 0 Å². The van der Waals surface area contributed by atoms with Gasteiger partial charge in [-0.15, -0.1) is 0 Å². The maximum atomic E-state index is 6.05. The van der Waals surface area contributed by atoms with Crippen LogP contribution < -0.4 is 5.73 Å². The van der Waals surface area contributed by atoms with Gasteiger partial charge in [-0.1, -0.05) is 36.8 Å². The van der Waals surface area contributed by atoms with Crippen molar-refractivity contribution in [3.8, 4) is 22.4 Å². The van der Waals surface area contributed by atoms with Crippen LogP contribution in [0.2, 0.25) is 0 Å². The lowest BCUT2D eigenvalue weighted by molar-refractivity contribution is 0.517. The Morgan fingerprint density at radius 3 is 2.90 bits per heavy atom. The number of hydrogen-bond donors (Lipinski definition) is 2. The quantitative estimate of drug-likeness (QED) is 0.758. The minimum Gasteiger partial charge on any atom is -0.469 e. The fraction of sp³-hybridized carbons (Fsp3) is 0.188. The van der Waals surface area contributed by atoms with Crippen molar-refractivity contribution in [3.63, 3.8) is 0 Å².